The molecule has 1 heterocycles. The summed E-state index contributed by atoms with van der Waals surface area (Å²) in [5, 5.41) is 3.04. The van der Waals surface area contributed by atoms with Gasteiger partial charge in [0.1, 0.15) is 0 Å². The Morgan fingerprint density at radius 1 is 1.37 bits per heavy atom. The van der Waals surface area contributed by atoms with E-state index in [1.807, 2.05) is 19.1 Å². The van der Waals surface area contributed by atoms with E-state index in [1.165, 1.54) is 0 Å². The maximum Gasteiger partial charge on any atom is 0.228 e. The molecule has 1 aromatic carbocycles. The van der Waals surface area contributed by atoms with Crippen molar-refractivity contribution in [2.75, 3.05) is 11.1 Å². The predicted molar refractivity (Wildman–Crippen MR) is 77.2 cm³/mol. The number of halogens is 1. The highest BCUT2D eigenvalue weighted by Gasteiger charge is 2.08. The summed E-state index contributed by atoms with van der Waals surface area (Å²) in [6.07, 6.45) is 1.92. The van der Waals surface area contributed by atoms with Crippen LogP contribution in [0.3, 0.4) is 0 Å². The maximum absolute atomic E-state index is 11.9. The van der Waals surface area contributed by atoms with Gasteiger partial charge >= 0.3 is 0 Å². The molecule has 2 rings (SSSR count). The molecule has 0 spiro atoms. The molecule has 0 aliphatic heterocycles. The van der Waals surface area contributed by atoms with Crippen LogP contribution in [0.1, 0.15) is 11.1 Å². The first kappa shape index (κ1) is 13.4. The zero-order valence-electron chi connectivity index (χ0n) is 10.5. The Bertz CT molecular complexity index is 596. The fraction of sp³-hybridized carbons (Fsp3) is 0.143. The zero-order chi connectivity index (χ0) is 13.8. The number of hydrogen-bond donors (Lipinski definition) is 2. The van der Waals surface area contributed by atoms with Crippen LogP contribution in [0.5, 0.6) is 0 Å². The molecule has 1 amide bonds. The number of anilines is 2. The summed E-state index contributed by atoms with van der Waals surface area (Å²) in [7, 11) is 0. The van der Waals surface area contributed by atoms with Crippen LogP contribution in [0.4, 0.5) is 11.4 Å². The molecule has 0 fully saturated rings. The zero-order valence-corrected chi connectivity index (χ0v) is 11.2. The van der Waals surface area contributed by atoms with Crippen molar-refractivity contribution in [2.24, 2.45) is 0 Å². The Morgan fingerprint density at radius 2 is 2.05 bits per heavy atom. The summed E-state index contributed by atoms with van der Waals surface area (Å²) < 4.78 is 0. The van der Waals surface area contributed by atoms with E-state index in [-0.39, 0.29) is 17.5 Å². The fourth-order valence-corrected chi connectivity index (χ4v) is 1.81. The smallest absolute Gasteiger partial charge is 0.228 e. The third-order valence-corrected chi connectivity index (χ3v) is 2.90. The van der Waals surface area contributed by atoms with Crippen LogP contribution in [-0.2, 0) is 11.2 Å². The molecule has 4 nitrogen and oxygen atoms in total. The van der Waals surface area contributed by atoms with Crippen molar-refractivity contribution in [3.63, 3.8) is 0 Å². The summed E-state index contributed by atoms with van der Waals surface area (Å²) in [5.41, 5.74) is 8.63. The second-order valence-electron chi connectivity index (χ2n) is 4.32. The van der Waals surface area contributed by atoms with Gasteiger partial charge in [0.15, 0.2) is 5.15 Å². The minimum atomic E-state index is -0.140. The summed E-state index contributed by atoms with van der Waals surface area (Å²) >= 11 is 5.92. The SMILES string of the molecule is Cc1cnc(Cl)c(NC(=O)Cc2ccc(N)cc2)c1. The summed E-state index contributed by atoms with van der Waals surface area (Å²) in [4.78, 5) is 15.9. The number of aromatic nitrogens is 1. The van der Waals surface area contributed by atoms with Crippen LogP contribution in [-0.4, -0.2) is 10.9 Å². The molecule has 0 saturated heterocycles. The van der Waals surface area contributed by atoms with Crippen molar-refractivity contribution in [2.45, 2.75) is 13.3 Å². The van der Waals surface area contributed by atoms with Crippen molar-refractivity contribution in [1.29, 1.82) is 0 Å². The highest BCUT2D eigenvalue weighted by atomic mass is 35.5. The van der Waals surface area contributed by atoms with Crippen molar-refractivity contribution in [1.82, 2.24) is 4.98 Å². The Kier molecular flexibility index (Phi) is 4.02. The first-order chi connectivity index (χ1) is 9.04. The molecule has 0 aliphatic carbocycles. The van der Waals surface area contributed by atoms with Gasteiger partial charge in [0.2, 0.25) is 5.91 Å². The second-order valence-corrected chi connectivity index (χ2v) is 4.68. The summed E-state index contributed by atoms with van der Waals surface area (Å²) in [6.45, 7) is 1.89. The number of benzene rings is 1. The topological polar surface area (TPSA) is 68.0 Å². The molecule has 19 heavy (non-hydrogen) atoms. The van der Waals surface area contributed by atoms with E-state index < -0.39 is 0 Å². The average Bonchev–Trinajstić information content (AvgIpc) is 2.37. The van der Waals surface area contributed by atoms with Crippen molar-refractivity contribution in [3.8, 4) is 0 Å². The van der Waals surface area contributed by atoms with Gasteiger partial charge in [-0.2, -0.15) is 0 Å². The minimum absolute atomic E-state index is 0.140. The van der Waals surface area contributed by atoms with Gasteiger partial charge in [-0.1, -0.05) is 23.7 Å². The Labute approximate surface area is 116 Å². The Morgan fingerprint density at radius 3 is 2.74 bits per heavy atom. The summed E-state index contributed by atoms with van der Waals surface area (Å²) in [5.74, 6) is -0.140. The third kappa shape index (κ3) is 3.69. The number of amides is 1. The van der Waals surface area contributed by atoms with Crippen LogP contribution in [0.25, 0.3) is 0 Å². The minimum Gasteiger partial charge on any atom is -0.399 e. The molecule has 0 bridgehead atoms. The van der Waals surface area contributed by atoms with E-state index in [0.717, 1.165) is 11.1 Å². The number of rotatable bonds is 3. The van der Waals surface area contributed by atoms with E-state index in [2.05, 4.69) is 10.3 Å². The second kappa shape index (κ2) is 5.71. The molecule has 0 radical (unpaired) electrons. The monoisotopic (exact) mass is 275 g/mol. The molecule has 98 valence electrons. The highest BCUT2D eigenvalue weighted by molar-refractivity contribution is 6.32. The van der Waals surface area contributed by atoms with E-state index in [0.29, 0.717) is 11.4 Å². The van der Waals surface area contributed by atoms with Crippen LogP contribution < -0.4 is 11.1 Å². The van der Waals surface area contributed by atoms with Gasteiger partial charge in [-0.25, -0.2) is 4.98 Å². The normalized spacial score (nSPS) is 10.2. The number of hydrogen-bond acceptors (Lipinski definition) is 3. The standard InChI is InChI=1S/C14H14ClN3O/c1-9-6-12(14(15)17-8-9)18-13(19)7-10-2-4-11(16)5-3-10/h2-6,8H,7,16H2,1H3,(H,18,19). The molecule has 0 unspecified atom stereocenters. The van der Waals surface area contributed by atoms with Gasteiger partial charge in [0, 0.05) is 11.9 Å². The number of carbonyl (C=O) groups is 1. The molecular formula is C14H14ClN3O. The number of nitrogens with one attached hydrogen (secondary N) is 1. The van der Waals surface area contributed by atoms with E-state index in [4.69, 9.17) is 17.3 Å². The van der Waals surface area contributed by atoms with E-state index >= 15 is 0 Å². The van der Waals surface area contributed by atoms with Crippen molar-refractivity contribution < 1.29 is 4.79 Å². The largest absolute Gasteiger partial charge is 0.399 e. The molecule has 1 aromatic heterocycles. The third-order valence-electron chi connectivity index (χ3n) is 2.59. The number of carbonyl (C=O) groups excluding carboxylic acids is 1. The molecule has 3 N–H and O–H groups in total. The quantitative estimate of drug-likeness (QED) is 0.668. The van der Waals surface area contributed by atoms with Crippen LogP contribution >= 0.6 is 11.6 Å². The Balaban J connectivity index is 2.05. The number of nitrogens with two attached hydrogens (primary N) is 1. The number of nitrogens with zero attached hydrogens (tertiary/aromatic N) is 1. The van der Waals surface area contributed by atoms with E-state index in [1.54, 1.807) is 24.4 Å². The maximum atomic E-state index is 11.9. The lowest BCUT2D eigenvalue weighted by Crippen LogP contribution is -2.15. The first-order valence-electron chi connectivity index (χ1n) is 5.81. The van der Waals surface area contributed by atoms with Crippen molar-refractivity contribution >= 4 is 28.9 Å². The lowest BCUT2D eigenvalue weighted by Gasteiger charge is -2.07. The summed E-state index contributed by atoms with van der Waals surface area (Å²) in [6, 6.07) is 8.97. The molecule has 0 atom stereocenters. The van der Waals surface area contributed by atoms with Gasteiger partial charge in [0.05, 0.1) is 12.1 Å². The first-order valence-corrected chi connectivity index (χ1v) is 6.19. The Hall–Kier alpha value is -2.07. The molecule has 0 saturated carbocycles. The van der Waals surface area contributed by atoms with Gasteiger partial charge in [0.25, 0.3) is 0 Å². The number of pyridine rings is 1. The van der Waals surface area contributed by atoms with Crippen LogP contribution in [0, 0.1) is 6.92 Å². The van der Waals surface area contributed by atoms with Gasteiger partial charge < -0.3 is 11.1 Å². The highest BCUT2D eigenvalue weighted by Crippen LogP contribution is 2.20. The number of aryl methyl sites for hydroxylation is 1. The van der Waals surface area contributed by atoms with Gasteiger partial charge in [-0.15, -0.1) is 0 Å². The lowest BCUT2D eigenvalue weighted by atomic mass is 10.1. The predicted octanol–water partition coefficient (Wildman–Crippen LogP) is 2.81. The molecule has 2 aromatic rings. The van der Waals surface area contributed by atoms with Gasteiger partial charge in [-0.3, -0.25) is 4.79 Å². The lowest BCUT2D eigenvalue weighted by molar-refractivity contribution is -0.115. The fourth-order valence-electron chi connectivity index (χ4n) is 1.66. The molecule has 5 heteroatoms. The number of nitrogen functional groups attached to an aromatic ring is 1. The average molecular weight is 276 g/mol. The van der Waals surface area contributed by atoms with Crippen LogP contribution in [0.2, 0.25) is 5.15 Å². The van der Waals surface area contributed by atoms with E-state index in [9.17, 15) is 4.79 Å². The van der Waals surface area contributed by atoms with Crippen LogP contribution in [0.15, 0.2) is 36.5 Å². The van der Waals surface area contributed by atoms with Gasteiger partial charge in [-0.05, 0) is 36.2 Å². The van der Waals surface area contributed by atoms with Crippen molar-refractivity contribution in [3.05, 3.63) is 52.8 Å². The molecular weight excluding hydrogens is 262 g/mol. The molecule has 0 aliphatic rings.